The molecule has 0 bridgehead atoms. The van der Waals surface area contributed by atoms with Crippen LogP contribution >= 0.6 is 0 Å². The second-order valence-electron chi connectivity index (χ2n) is 6.46. The van der Waals surface area contributed by atoms with Gasteiger partial charge < -0.3 is 20.7 Å². The third kappa shape index (κ3) is 4.04. The van der Waals surface area contributed by atoms with Crippen molar-refractivity contribution < 1.29 is 9.53 Å². The number of nitrogens with zero attached hydrogens (tertiary/aromatic N) is 2. The normalized spacial score (nSPS) is 17.9. The van der Waals surface area contributed by atoms with E-state index in [2.05, 4.69) is 16.3 Å². The van der Waals surface area contributed by atoms with Crippen LogP contribution in [-0.2, 0) is 4.74 Å². The monoisotopic (exact) mass is 302 g/mol. The number of nitriles is 1. The number of nitrogens with two attached hydrogens (primary N) is 1. The molecule has 1 aromatic carbocycles. The molecule has 0 aliphatic carbocycles. The molecule has 6 heteroatoms. The third-order valence-electron chi connectivity index (χ3n) is 3.43. The van der Waals surface area contributed by atoms with E-state index in [9.17, 15) is 4.79 Å². The Morgan fingerprint density at radius 2 is 2.23 bits per heavy atom. The minimum atomic E-state index is -0.499. The molecule has 0 radical (unpaired) electrons. The summed E-state index contributed by atoms with van der Waals surface area (Å²) in [5.41, 5.74) is 7.13. The number of anilines is 2. The molecule has 0 unspecified atom stereocenters. The van der Waals surface area contributed by atoms with Gasteiger partial charge in [-0.2, -0.15) is 5.26 Å². The third-order valence-corrected chi connectivity index (χ3v) is 3.43. The van der Waals surface area contributed by atoms with Crippen molar-refractivity contribution in [3.63, 3.8) is 0 Å². The summed E-state index contributed by atoms with van der Waals surface area (Å²) in [4.78, 5) is 13.9. The van der Waals surface area contributed by atoms with Crippen molar-refractivity contribution in [3.8, 4) is 6.07 Å². The summed E-state index contributed by atoms with van der Waals surface area (Å²) < 4.78 is 5.26. The van der Waals surface area contributed by atoms with Gasteiger partial charge in [0.05, 0.1) is 11.6 Å². The first kappa shape index (κ1) is 16.0. The predicted molar refractivity (Wildman–Crippen MR) is 85.6 cm³/mol. The molecule has 1 saturated heterocycles. The average molecular weight is 302 g/mol. The maximum Gasteiger partial charge on any atom is 0.407 e. The van der Waals surface area contributed by atoms with Crippen molar-refractivity contribution in [1.82, 2.24) is 5.32 Å². The minimum absolute atomic E-state index is 0.0398. The predicted octanol–water partition coefficient (Wildman–Crippen LogP) is 2.24. The number of hydrogen-bond donors (Lipinski definition) is 2. The number of carbonyl (C=O) groups is 1. The lowest BCUT2D eigenvalue weighted by Gasteiger charge is -2.22. The van der Waals surface area contributed by atoms with E-state index in [4.69, 9.17) is 15.7 Å². The second-order valence-corrected chi connectivity index (χ2v) is 6.46. The van der Waals surface area contributed by atoms with E-state index in [1.807, 2.05) is 26.8 Å². The van der Waals surface area contributed by atoms with Gasteiger partial charge in [0.1, 0.15) is 11.7 Å². The van der Waals surface area contributed by atoms with E-state index in [-0.39, 0.29) is 6.04 Å². The number of carbonyl (C=O) groups excluding carboxylic acids is 1. The Labute approximate surface area is 130 Å². The maximum atomic E-state index is 11.8. The van der Waals surface area contributed by atoms with E-state index >= 15 is 0 Å². The molecule has 0 aromatic heterocycles. The van der Waals surface area contributed by atoms with Gasteiger partial charge in [-0.3, -0.25) is 0 Å². The number of alkyl carbamates (subject to hydrolysis) is 1. The van der Waals surface area contributed by atoms with Gasteiger partial charge in [0.25, 0.3) is 0 Å². The van der Waals surface area contributed by atoms with Crippen molar-refractivity contribution in [3.05, 3.63) is 23.8 Å². The van der Waals surface area contributed by atoms with Gasteiger partial charge in [-0.05, 0) is 45.4 Å². The highest BCUT2D eigenvalue weighted by molar-refractivity contribution is 5.68. The van der Waals surface area contributed by atoms with Crippen LogP contribution in [-0.4, -0.2) is 30.8 Å². The van der Waals surface area contributed by atoms with E-state index in [1.54, 1.807) is 12.1 Å². The fourth-order valence-electron chi connectivity index (χ4n) is 2.42. The molecular weight excluding hydrogens is 280 g/mol. The molecule has 2 rings (SSSR count). The summed E-state index contributed by atoms with van der Waals surface area (Å²) in [5.74, 6) is 0. The Bertz CT molecular complexity index is 601. The van der Waals surface area contributed by atoms with Crippen molar-refractivity contribution in [1.29, 1.82) is 5.26 Å². The minimum Gasteiger partial charge on any atom is -0.444 e. The fraction of sp³-hybridized carbons (Fsp3) is 0.500. The lowest BCUT2D eigenvalue weighted by atomic mass is 10.1. The molecule has 118 valence electrons. The Balaban J connectivity index is 1.96. The summed E-state index contributed by atoms with van der Waals surface area (Å²) in [6.45, 7) is 7.02. The molecule has 22 heavy (non-hydrogen) atoms. The fourth-order valence-corrected chi connectivity index (χ4v) is 2.42. The van der Waals surface area contributed by atoms with Crippen LogP contribution in [0.15, 0.2) is 18.2 Å². The van der Waals surface area contributed by atoms with E-state index in [1.165, 1.54) is 0 Å². The summed E-state index contributed by atoms with van der Waals surface area (Å²) in [6.07, 6.45) is 0.445. The highest BCUT2D eigenvalue weighted by Crippen LogP contribution is 2.24. The molecule has 0 spiro atoms. The zero-order valence-corrected chi connectivity index (χ0v) is 13.2. The van der Waals surface area contributed by atoms with Gasteiger partial charge in [-0.1, -0.05) is 0 Å². The number of ether oxygens (including phenoxy) is 1. The SMILES string of the molecule is CC(C)(C)OC(=O)N[C@@H]1CCN(c2ccc(N)c(C#N)c2)C1. The van der Waals surface area contributed by atoms with E-state index < -0.39 is 11.7 Å². The number of hydrogen-bond acceptors (Lipinski definition) is 5. The number of amides is 1. The molecule has 0 saturated carbocycles. The number of nitrogen functional groups attached to an aromatic ring is 1. The van der Waals surface area contributed by atoms with Crippen molar-refractivity contribution in [2.24, 2.45) is 0 Å². The van der Waals surface area contributed by atoms with Crippen LogP contribution in [0.5, 0.6) is 0 Å². The standard InChI is InChI=1S/C16H22N4O2/c1-16(2,3)22-15(21)19-12-6-7-20(10-12)13-4-5-14(18)11(8-13)9-17/h4-5,8,12H,6-7,10,18H2,1-3H3,(H,19,21)/t12-/m1/s1. The molecule has 1 heterocycles. The van der Waals surface area contributed by atoms with Gasteiger partial charge in [0, 0.05) is 24.5 Å². The molecule has 1 atom stereocenters. The molecule has 3 N–H and O–H groups in total. The van der Waals surface area contributed by atoms with Crippen molar-refractivity contribution >= 4 is 17.5 Å². The lowest BCUT2D eigenvalue weighted by molar-refractivity contribution is 0.0509. The Hall–Kier alpha value is -2.42. The number of nitrogens with one attached hydrogen (secondary N) is 1. The first-order valence-corrected chi connectivity index (χ1v) is 7.32. The summed E-state index contributed by atoms with van der Waals surface area (Å²) in [5, 5.41) is 11.9. The van der Waals surface area contributed by atoms with Gasteiger partial charge in [-0.25, -0.2) is 4.79 Å². The number of rotatable bonds is 2. The molecule has 1 amide bonds. The zero-order chi connectivity index (χ0) is 16.3. The molecule has 1 aromatic rings. The Kier molecular flexibility index (Phi) is 4.45. The van der Waals surface area contributed by atoms with Crippen LogP contribution in [0.2, 0.25) is 0 Å². The first-order chi connectivity index (χ1) is 10.3. The maximum absolute atomic E-state index is 11.8. The molecule has 1 aliphatic rings. The average Bonchev–Trinajstić information content (AvgIpc) is 2.85. The quantitative estimate of drug-likeness (QED) is 0.818. The summed E-state index contributed by atoms with van der Waals surface area (Å²) >= 11 is 0. The first-order valence-electron chi connectivity index (χ1n) is 7.32. The topological polar surface area (TPSA) is 91.4 Å². The van der Waals surface area contributed by atoms with Crippen LogP contribution in [0.25, 0.3) is 0 Å². The van der Waals surface area contributed by atoms with Gasteiger partial charge in [0.2, 0.25) is 0 Å². The van der Waals surface area contributed by atoms with E-state index in [0.29, 0.717) is 17.8 Å². The Morgan fingerprint density at radius 3 is 2.86 bits per heavy atom. The smallest absolute Gasteiger partial charge is 0.407 e. The Morgan fingerprint density at radius 1 is 1.50 bits per heavy atom. The van der Waals surface area contributed by atoms with Gasteiger partial charge >= 0.3 is 6.09 Å². The van der Waals surface area contributed by atoms with Crippen LogP contribution in [0.1, 0.15) is 32.8 Å². The van der Waals surface area contributed by atoms with Crippen LogP contribution in [0.3, 0.4) is 0 Å². The molecule has 1 fully saturated rings. The van der Waals surface area contributed by atoms with Crippen molar-refractivity contribution in [2.75, 3.05) is 23.7 Å². The lowest BCUT2D eigenvalue weighted by Crippen LogP contribution is -2.40. The van der Waals surface area contributed by atoms with Crippen LogP contribution in [0, 0.1) is 11.3 Å². The van der Waals surface area contributed by atoms with E-state index in [0.717, 1.165) is 18.7 Å². The number of benzene rings is 1. The molecule has 6 nitrogen and oxygen atoms in total. The van der Waals surface area contributed by atoms with Crippen molar-refractivity contribution in [2.45, 2.75) is 38.8 Å². The highest BCUT2D eigenvalue weighted by atomic mass is 16.6. The van der Waals surface area contributed by atoms with Crippen LogP contribution < -0.4 is 16.0 Å². The molecule has 1 aliphatic heterocycles. The highest BCUT2D eigenvalue weighted by Gasteiger charge is 2.26. The largest absolute Gasteiger partial charge is 0.444 e. The van der Waals surface area contributed by atoms with Gasteiger partial charge in [-0.15, -0.1) is 0 Å². The second kappa shape index (κ2) is 6.14. The van der Waals surface area contributed by atoms with Crippen LogP contribution in [0.4, 0.5) is 16.2 Å². The summed E-state index contributed by atoms with van der Waals surface area (Å²) in [7, 11) is 0. The summed E-state index contributed by atoms with van der Waals surface area (Å²) in [6, 6.07) is 7.54. The molecular formula is C16H22N4O2. The zero-order valence-electron chi connectivity index (χ0n) is 13.2. The van der Waals surface area contributed by atoms with Gasteiger partial charge in [0.15, 0.2) is 0 Å².